The van der Waals surface area contributed by atoms with Crippen LogP contribution in [0.3, 0.4) is 0 Å². The fourth-order valence-electron chi connectivity index (χ4n) is 8.31. The molecule has 0 aliphatic heterocycles. The van der Waals surface area contributed by atoms with E-state index in [0.29, 0.717) is 0 Å². The Hall–Kier alpha value is 1.000. The first-order valence-corrected chi connectivity index (χ1v) is 28.9. The molecular formula is C50H102CaO8S2. The van der Waals surface area contributed by atoms with Crippen LogP contribution in [0.5, 0.6) is 0 Å². The first kappa shape index (κ1) is 66.3. The third-order valence-electron chi connectivity index (χ3n) is 12.3. The summed E-state index contributed by atoms with van der Waals surface area (Å²) in [5.41, 5.74) is 0. The van der Waals surface area contributed by atoms with E-state index in [4.69, 9.17) is 0 Å². The van der Waals surface area contributed by atoms with Crippen LogP contribution in [0.25, 0.3) is 0 Å². The van der Waals surface area contributed by atoms with Gasteiger partial charge in [-0.3, -0.25) is 8.37 Å². The normalized spacial score (nSPS) is 12.8. The summed E-state index contributed by atoms with van der Waals surface area (Å²) in [5.74, 6) is 0.403. The van der Waals surface area contributed by atoms with E-state index in [1.165, 1.54) is 218 Å². The molecular weight excluding hydrogens is 833 g/mol. The first-order chi connectivity index (χ1) is 29.0. The summed E-state index contributed by atoms with van der Waals surface area (Å²) in [4.78, 5) is 0. The molecule has 2 atom stereocenters. The molecule has 0 aliphatic rings. The van der Waals surface area contributed by atoms with Crippen molar-refractivity contribution in [2.24, 2.45) is 11.8 Å². The molecule has 0 fully saturated rings. The average Bonchev–Trinajstić information content (AvgIpc) is 3.21. The zero-order valence-corrected chi connectivity index (χ0v) is 44.9. The summed E-state index contributed by atoms with van der Waals surface area (Å²) < 4.78 is 73.9. The Labute approximate surface area is 412 Å². The molecule has 0 aromatic heterocycles. The predicted octanol–water partition coefficient (Wildman–Crippen LogP) is 16.2. The second-order valence-electron chi connectivity index (χ2n) is 18.3. The van der Waals surface area contributed by atoms with Gasteiger partial charge < -0.3 is 9.11 Å². The average molecular weight is 936 g/mol. The number of hydrogen-bond acceptors (Lipinski definition) is 8. The molecule has 0 bridgehead atoms. The van der Waals surface area contributed by atoms with E-state index in [-0.39, 0.29) is 62.8 Å². The van der Waals surface area contributed by atoms with Crippen LogP contribution < -0.4 is 0 Å². The molecule has 61 heavy (non-hydrogen) atoms. The molecule has 0 saturated carbocycles. The van der Waals surface area contributed by atoms with E-state index < -0.39 is 20.8 Å². The molecule has 0 amide bonds. The van der Waals surface area contributed by atoms with Crippen molar-refractivity contribution >= 4 is 58.5 Å². The minimum Gasteiger partial charge on any atom is -0.726 e. The summed E-state index contributed by atoms with van der Waals surface area (Å²) in [7, 11) is -9.14. The smallest absolute Gasteiger partial charge is 0.726 e. The van der Waals surface area contributed by atoms with Gasteiger partial charge in [-0.2, -0.15) is 0 Å². The summed E-state index contributed by atoms with van der Waals surface area (Å²) in [6, 6.07) is 0. The number of rotatable bonds is 48. The molecule has 0 aliphatic carbocycles. The van der Waals surface area contributed by atoms with Crippen LogP contribution >= 0.6 is 0 Å². The van der Waals surface area contributed by atoms with Crippen molar-refractivity contribution in [3.05, 3.63) is 0 Å². The van der Waals surface area contributed by atoms with Gasteiger partial charge in [-0.15, -0.1) is 0 Å². The van der Waals surface area contributed by atoms with E-state index in [9.17, 15) is 25.9 Å². The van der Waals surface area contributed by atoms with Gasteiger partial charge in [0.15, 0.2) is 0 Å². The molecule has 11 heteroatoms. The van der Waals surface area contributed by atoms with Crippen molar-refractivity contribution in [3.63, 3.8) is 0 Å². The van der Waals surface area contributed by atoms with Crippen LogP contribution in [0.2, 0.25) is 0 Å². The van der Waals surface area contributed by atoms with Gasteiger partial charge in [0.1, 0.15) is 0 Å². The molecule has 0 aromatic rings. The number of hydrogen-bond donors (Lipinski definition) is 0. The maximum absolute atomic E-state index is 10.8. The van der Waals surface area contributed by atoms with Crippen LogP contribution in [0.15, 0.2) is 0 Å². The fourth-order valence-corrected chi connectivity index (χ4v) is 9.03. The van der Waals surface area contributed by atoms with E-state index in [1.54, 1.807) is 0 Å². The van der Waals surface area contributed by atoms with Gasteiger partial charge in [-0.05, 0) is 37.5 Å². The molecule has 0 rings (SSSR count). The topological polar surface area (TPSA) is 133 Å². The number of unbranched alkanes of at least 4 members (excludes halogenated alkanes) is 34. The summed E-state index contributed by atoms with van der Waals surface area (Å²) >= 11 is 0. The fraction of sp³-hybridized carbons (Fsp3) is 1.00. The Morgan fingerprint density at radius 1 is 0.295 bits per heavy atom. The van der Waals surface area contributed by atoms with Gasteiger partial charge in [-0.1, -0.05) is 272 Å². The first-order valence-electron chi connectivity index (χ1n) is 26.2. The van der Waals surface area contributed by atoms with Crippen molar-refractivity contribution in [1.29, 1.82) is 0 Å². The third kappa shape index (κ3) is 61.0. The van der Waals surface area contributed by atoms with Crippen LogP contribution in [-0.2, 0) is 29.2 Å². The molecule has 364 valence electrons. The molecule has 0 saturated heterocycles. The van der Waals surface area contributed by atoms with Crippen LogP contribution in [0.1, 0.15) is 297 Å². The summed E-state index contributed by atoms with van der Waals surface area (Å²) in [6.45, 7) is 9.10. The minimum absolute atomic E-state index is 0. The Kier molecular flexibility index (Phi) is 56.5. The molecule has 0 spiro atoms. The van der Waals surface area contributed by atoms with E-state index in [2.05, 4.69) is 36.1 Å². The Balaban J connectivity index is -0.00000109. The predicted molar refractivity (Wildman–Crippen MR) is 261 cm³/mol. The summed E-state index contributed by atoms with van der Waals surface area (Å²) in [5, 5.41) is 0. The second kappa shape index (κ2) is 52.0. The maximum Gasteiger partial charge on any atom is 2.00 e. The molecule has 0 heterocycles. The molecule has 0 aromatic carbocycles. The quantitative estimate of drug-likeness (QED) is 0.0255. The van der Waals surface area contributed by atoms with Crippen molar-refractivity contribution in [2.45, 2.75) is 297 Å². The van der Waals surface area contributed by atoms with Gasteiger partial charge >= 0.3 is 37.7 Å². The van der Waals surface area contributed by atoms with Gasteiger partial charge in [0, 0.05) is 0 Å². The van der Waals surface area contributed by atoms with Crippen molar-refractivity contribution in [2.75, 3.05) is 13.2 Å². The van der Waals surface area contributed by atoms with Gasteiger partial charge in [0.2, 0.25) is 20.8 Å². The Morgan fingerprint density at radius 2 is 0.443 bits per heavy atom. The van der Waals surface area contributed by atoms with Crippen molar-refractivity contribution in [3.8, 4) is 0 Å². The third-order valence-corrected chi connectivity index (χ3v) is 13.1. The molecule has 8 nitrogen and oxygen atoms in total. The van der Waals surface area contributed by atoms with Crippen LogP contribution in [0.4, 0.5) is 0 Å². The maximum atomic E-state index is 10.8. The van der Waals surface area contributed by atoms with Gasteiger partial charge in [0.25, 0.3) is 0 Å². The van der Waals surface area contributed by atoms with Gasteiger partial charge in [0.05, 0.1) is 13.2 Å². The zero-order valence-electron chi connectivity index (χ0n) is 41.1. The molecule has 0 radical (unpaired) electrons. The van der Waals surface area contributed by atoms with E-state index in [0.717, 1.165) is 51.4 Å². The molecule has 0 N–H and O–H groups in total. The van der Waals surface area contributed by atoms with Crippen LogP contribution in [-0.4, -0.2) is 76.9 Å². The van der Waals surface area contributed by atoms with Crippen molar-refractivity contribution < 1.29 is 34.3 Å². The summed E-state index contributed by atoms with van der Waals surface area (Å²) in [6.07, 6.45) is 53.2. The second-order valence-corrected chi connectivity index (χ2v) is 20.4. The SMILES string of the molecule is CCCCCCCCCCCCCCCC(CCCCCCCC)COS(=O)(=O)[O-].CCCCCCCCCCCCCCCC(CCCCCCCC)COS(=O)(=O)[O-].[Ca+2]. The largest absolute Gasteiger partial charge is 2.00 e. The Bertz CT molecular complexity index is 962. The van der Waals surface area contributed by atoms with Crippen molar-refractivity contribution in [1.82, 2.24) is 0 Å². The Morgan fingerprint density at radius 3 is 0.590 bits per heavy atom. The minimum atomic E-state index is -4.57. The van der Waals surface area contributed by atoms with E-state index >= 15 is 0 Å². The standard InChI is InChI=1S/2C25H52O4S.Ca/c2*1-3-5-7-9-11-12-13-14-15-16-17-19-21-23-25(24-29-30(26,27)28)22-20-18-10-8-6-4-2;/h2*25H,3-24H2,1-2H3,(H,26,27,28);/q;;+2/p-2. The monoisotopic (exact) mass is 935 g/mol. The zero-order chi connectivity index (χ0) is 44.7. The van der Waals surface area contributed by atoms with Gasteiger partial charge in [-0.25, -0.2) is 16.8 Å². The van der Waals surface area contributed by atoms with Crippen LogP contribution in [0, 0.1) is 11.8 Å². The van der Waals surface area contributed by atoms with E-state index in [1.807, 2.05) is 0 Å². The molecule has 2 unspecified atom stereocenters.